The fourth-order valence-electron chi connectivity index (χ4n) is 3.13. The van der Waals surface area contributed by atoms with Gasteiger partial charge in [0.25, 0.3) is 0 Å². The van der Waals surface area contributed by atoms with E-state index in [0.717, 1.165) is 0 Å². The Morgan fingerprint density at radius 2 is 2.13 bits per heavy atom. The van der Waals surface area contributed by atoms with Crippen LogP contribution in [0.1, 0.15) is 6.92 Å². The standard InChI is InChI=1S/C12H14O3/c1-3-6-14-11(13)12(2)9-7-4-5-8(15-7)10(9)12/h3-5,7-10H,1,6H2,2H3/t7-,8+,9-,10+,12?. The van der Waals surface area contributed by atoms with Gasteiger partial charge in [0, 0.05) is 11.8 Å². The minimum Gasteiger partial charge on any atom is -0.461 e. The zero-order valence-corrected chi connectivity index (χ0v) is 8.68. The Balaban J connectivity index is 1.74. The lowest BCUT2D eigenvalue weighted by Gasteiger charge is -2.17. The first-order valence-corrected chi connectivity index (χ1v) is 5.31. The van der Waals surface area contributed by atoms with Crippen molar-refractivity contribution < 1.29 is 14.3 Å². The lowest BCUT2D eigenvalue weighted by molar-refractivity contribution is -0.151. The van der Waals surface area contributed by atoms with Crippen LogP contribution >= 0.6 is 0 Å². The van der Waals surface area contributed by atoms with E-state index in [1.807, 2.05) is 6.92 Å². The van der Waals surface area contributed by atoms with E-state index in [1.165, 1.54) is 0 Å². The molecule has 0 aromatic rings. The van der Waals surface area contributed by atoms with Gasteiger partial charge in [0.1, 0.15) is 6.61 Å². The molecule has 3 heteroatoms. The quantitative estimate of drug-likeness (QED) is 0.516. The molecule has 3 aliphatic rings. The second-order valence-corrected chi connectivity index (χ2v) is 4.67. The Morgan fingerprint density at radius 1 is 1.53 bits per heavy atom. The van der Waals surface area contributed by atoms with Gasteiger partial charge < -0.3 is 9.47 Å². The van der Waals surface area contributed by atoms with Gasteiger partial charge in [-0.05, 0) is 6.92 Å². The SMILES string of the molecule is C=CCOC(=O)C1(C)[C@@H]2[C@H]1[C@H]1C=C[C@@H]2O1. The van der Waals surface area contributed by atoms with Gasteiger partial charge in [-0.1, -0.05) is 24.8 Å². The molecule has 2 aliphatic heterocycles. The fraction of sp³-hybridized carbons (Fsp3) is 0.583. The summed E-state index contributed by atoms with van der Waals surface area (Å²) < 4.78 is 10.8. The predicted octanol–water partition coefficient (Wildman–Crippen LogP) is 1.31. The van der Waals surface area contributed by atoms with Crippen LogP contribution in [0.25, 0.3) is 0 Å². The van der Waals surface area contributed by atoms with Crippen molar-refractivity contribution in [3.05, 3.63) is 24.8 Å². The van der Waals surface area contributed by atoms with Crippen molar-refractivity contribution >= 4 is 5.97 Å². The van der Waals surface area contributed by atoms with Crippen molar-refractivity contribution in [3.8, 4) is 0 Å². The first-order valence-electron chi connectivity index (χ1n) is 5.31. The fourth-order valence-corrected chi connectivity index (χ4v) is 3.13. The van der Waals surface area contributed by atoms with Crippen LogP contribution < -0.4 is 0 Å². The highest BCUT2D eigenvalue weighted by Crippen LogP contribution is 2.69. The van der Waals surface area contributed by atoms with Gasteiger partial charge in [-0.3, -0.25) is 4.79 Å². The summed E-state index contributed by atoms with van der Waals surface area (Å²) in [7, 11) is 0. The average molecular weight is 206 g/mol. The molecule has 0 radical (unpaired) electrons. The first-order chi connectivity index (χ1) is 7.19. The molecule has 1 saturated carbocycles. The van der Waals surface area contributed by atoms with Gasteiger partial charge in [0.15, 0.2) is 0 Å². The van der Waals surface area contributed by atoms with Gasteiger partial charge in [-0.15, -0.1) is 0 Å². The third kappa shape index (κ3) is 0.965. The molecule has 2 fully saturated rings. The molecule has 0 N–H and O–H groups in total. The number of hydrogen-bond acceptors (Lipinski definition) is 3. The molecule has 5 atom stereocenters. The lowest BCUT2D eigenvalue weighted by atomic mass is 10.0. The molecule has 1 saturated heterocycles. The minimum absolute atomic E-state index is 0.0978. The van der Waals surface area contributed by atoms with Crippen molar-refractivity contribution in [1.29, 1.82) is 0 Å². The van der Waals surface area contributed by atoms with Crippen LogP contribution in [0.5, 0.6) is 0 Å². The first kappa shape index (κ1) is 9.16. The summed E-state index contributed by atoms with van der Waals surface area (Å²) in [4.78, 5) is 11.9. The molecular weight excluding hydrogens is 192 g/mol. The zero-order chi connectivity index (χ0) is 10.6. The molecule has 80 valence electrons. The van der Waals surface area contributed by atoms with Crippen molar-refractivity contribution in [2.75, 3.05) is 6.61 Å². The summed E-state index contributed by atoms with van der Waals surface area (Å²) in [6.45, 7) is 5.83. The topological polar surface area (TPSA) is 35.5 Å². The Hall–Kier alpha value is -1.09. The number of ether oxygens (including phenoxy) is 2. The molecule has 1 aliphatic carbocycles. The van der Waals surface area contributed by atoms with E-state index < -0.39 is 0 Å². The van der Waals surface area contributed by atoms with Crippen molar-refractivity contribution in [3.63, 3.8) is 0 Å². The Labute approximate surface area is 88.7 Å². The third-order valence-corrected chi connectivity index (χ3v) is 3.95. The zero-order valence-electron chi connectivity index (χ0n) is 8.68. The second kappa shape index (κ2) is 2.73. The molecule has 3 rings (SSSR count). The number of hydrogen-bond donors (Lipinski definition) is 0. The molecular formula is C12H14O3. The minimum atomic E-state index is -0.319. The van der Waals surface area contributed by atoms with Gasteiger partial charge in [0.2, 0.25) is 0 Å². The van der Waals surface area contributed by atoms with Crippen molar-refractivity contribution in [2.45, 2.75) is 19.1 Å². The molecule has 2 bridgehead atoms. The summed E-state index contributed by atoms with van der Waals surface area (Å²) >= 11 is 0. The van der Waals surface area contributed by atoms with Crippen LogP contribution in [0.15, 0.2) is 24.8 Å². The monoisotopic (exact) mass is 206 g/mol. The summed E-state index contributed by atoms with van der Waals surface area (Å²) in [5, 5.41) is 0. The van der Waals surface area contributed by atoms with E-state index >= 15 is 0 Å². The molecule has 0 aromatic heterocycles. The van der Waals surface area contributed by atoms with Crippen LogP contribution in [-0.2, 0) is 14.3 Å². The third-order valence-electron chi connectivity index (χ3n) is 3.95. The normalized spacial score (nSPS) is 48.9. The van der Waals surface area contributed by atoms with Gasteiger partial charge in [-0.25, -0.2) is 0 Å². The molecule has 15 heavy (non-hydrogen) atoms. The highest BCUT2D eigenvalue weighted by atomic mass is 16.5. The van der Waals surface area contributed by atoms with Gasteiger partial charge >= 0.3 is 5.97 Å². The van der Waals surface area contributed by atoms with Gasteiger partial charge in [-0.2, -0.15) is 0 Å². The predicted molar refractivity (Wildman–Crippen MR) is 54.0 cm³/mol. The maximum absolute atomic E-state index is 11.9. The number of rotatable bonds is 3. The Kier molecular flexibility index (Phi) is 1.67. The molecule has 1 unspecified atom stereocenters. The number of carbonyl (C=O) groups is 1. The van der Waals surface area contributed by atoms with E-state index in [2.05, 4.69) is 18.7 Å². The van der Waals surface area contributed by atoms with Crippen LogP contribution in [0, 0.1) is 17.3 Å². The smallest absolute Gasteiger partial charge is 0.312 e. The van der Waals surface area contributed by atoms with Crippen molar-refractivity contribution in [2.24, 2.45) is 17.3 Å². The lowest BCUT2D eigenvalue weighted by Crippen LogP contribution is -2.27. The van der Waals surface area contributed by atoms with Crippen LogP contribution in [0.4, 0.5) is 0 Å². The Bertz CT molecular complexity index is 340. The summed E-state index contributed by atoms with van der Waals surface area (Å²) in [5.74, 6) is 0.578. The van der Waals surface area contributed by atoms with E-state index in [0.29, 0.717) is 18.4 Å². The summed E-state index contributed by atoms with van der Waals surface area (Å²) in [6.07, 6.45) is 6.01. The highest BCUT2D eigenvalue weighted by molar-refractivity contribution is 5.82. The summed E-state index contributed by atoms with van der Waals surface area (Å²) in [5.41, 5.74) is -0.319. The van der Waals surface area contributed by atoms with E-state index in [-0.39, 0.29) is 23.6 Å². The number of fused-ring (bicyclic) bond motifs is 5. The van der Waals surface area contributed by atoms with Gasteiger partial charge in [0.05, 0.1) is 17.6 Å². The summed E-state index contributed by atoms with van der Waals surface area (Å²) in [6, 6.07) is 0. The maximum atomic E-state index is 11.9. The highest BCUT2D eigenvalue weighted by Gasteiger charge is 2.76. The van der Waals surface area contributed by atoms with Crippen LogP contribution in [0.3, 0.4) is 0 Å². The largest absolute Gasteiger partial charge is 0.461 e. The number of esters is 1. The van der Waals surface area contributed by atoms with Crippen LogP contribution in [-0.4, -0.2) is 24.8 Å². The second-order valence-electron chi connectivity index (χ2n) is 4.67. The molecule has 3 nitrogen and oxygen atoms in total. The van der Waals surface area contributed by atoms with Crippen molar-refractivity contribution in [1.82, 2.24) is 0 Å². The molecule has 0 spiro atoms. The molecule has 2 heterocycles. The number of carbonyl (C=O) groups excluding carboxylic acids is 1. The van der Waals surface area contributed by atoms with E-state index in [9.17, 15) is 4.79 Å². The molecule has 0 amide bonds. The maximum Gasteiger partial charge on any atom is 0.312 e. The van der Waals surface area contributed by atoms with E-state index in [1.54, 1.807) is 6.08 Å². The average Bonchev–Trinajstić information content (AvgIpc) is 2.65. The molecule has 0 aromatic carbocycles. The van der Waals surface area contributed by atoms with E-state index in [4.69, 9.17) is 9.47 Å². The Morgan fingerprint density at radius 3 is 2.67 bits per heavy atom. The van der Waals surface area contributed by atoms with Crippen LogP contribution in [0.2, 0.25) is 0 Å².